The Kier molecular flexibility index (Phi) is 4.82. The van der Waals surface area contributed by atoms with Crippen molar-refractivity contribution in [1.82, 2.24) is 0 Å². The van der Waals surface area contributed by atoms with Crippen molar-refractivity contribution in [2.24, 2.45) is 0 Å². The van der Waals surface area contributed by atoms with Crippen molar-refractivity contribution >= 4 is 27.4 Å². The largest absolute Gasteiger partial charge is 0.398 e. The Morgan fingerprint density at radius 3 is 2.73 bits per heavy atom. The highest BCUT2D eigenvalue weighted by Gasteiger charge is 2.08. The van der Waals surface area contributed by atoms with Gasteiger partial charge in [-0.05, 0) is 24.6 Å². The first-order chi connectivity index (χ1) is 7.15. The quantitative estimate of drug-likeness (QED) is 0.502. The van der Waals surface area contributed by atoms with E-state index in [0.29, 0.717) is 17.7 Å². The number of hydrogen-bond donors (Lipinski definition) is 1. The van der Waals surface area contributed by atoms with Crippen LogP contribution in [0.3, 0.4) is 0 Å². The minimum Gasteiger partial charge on any atom is -0.398 e. The van der Waals surface area contributed by atoms with Crippen molar-refractivity contribution in [3.05, 3.63) is 28.2 Å². The average Bonchev–Trinajstić information content (AvgIpc) is 2.17. The first-order valence-corrected chi connectivity index (χ1v) is 6.02. The van der Waals surface area contributed by atoms with Crippen molar-refractivity contribution < 1.29 is 4.79 Å². The number of rotatable bonds is 5. The monoisotopic (exact) mass is 269 g/mol. The number of nitrogens with two attached hydrogens (primary N) is 1. The number of hydrogen-bond acceptors (Lipinski definition) is 2. The molecule has 0 spiro atoms. The minimum atomic E-state index is 0.147. The molecule has 0 fully saturated rings. The van der Waals surface area contributed by atoms with E-state index >= 15 is 0 Å². The molecule has 2 N–H and O–H groups in total. The second-order valence-corrected chi connectivity index (χ2v) is 4.53. The fourth-order valence-corrected chi connectivity index (χ4v) is 1.84. The molecule has 0 amide bonds. The smallest absolute Gasteiger partial charge is 0.164 e. The standard InChI is InChI=1S/C12H16BrNO/c1-2-3-4-5-12(15)10-7-6-9(13)8-11(10)14/h6-8H,2-5,14H2,1H3. The van der Waals surface area contributed by atoms with Crippen LogP contribution in [-0.4, -0.2) is 5.78 Å². The van der Waals surface area contributed by atoms with Gasteiger partial charge in [-0.3, -0.25) is 4.79 Å². The van der Waals surface area contributed by atoms with Gasteiger partial charge in [0.15, 0.2) is 5.78 Å². The van der Waals surface area contributed by atoms with Crippen molar-refractivity contribution in [2.45, 2.75) is 32.6 Å². The molecule has 0 aliphatic rings. The van der Waals surface area contributed by atoms with E-state index in [-0.39, 0.29) is 5.78 Å². The van der Waals surface area contributed by atoms with E-state index in [9.17, 15) is 4.79 Å². The maximum Gasteiger partial charge on any atom is 0.164 e. The molecule has 0 heterocycles. The zero-order chi connectivity index (χ0) is 11.3. The van der Waals surface area contributed by atoms with Crippen LogP contribution in [0.4, 0.5) is 5.69 Å². The first-order valence-electron chi connectivity index (χ1n) is 5.23. The summed E-state index contributed by atoms with van der Waals surface area (Å²) in [5, 5.41) is 0. The molecule has 0 aliphatic heterocycles. The molecule has 0 radical (unpaired) electrons. The average molecular weight is 270 g/mol. The van der Waals surface area contributed by atoms with Gasteiger partial charge in [0.25, 0.3) is 0 Å². The van der Waals surface area contributed by atoms with Crippen LogP contribution in [0.5, 0.6) is 0 Å². The lowest BCUT2D eigenvalue weighted by molar-refractivity contribution is 0.0980. The van der Waals surface area contributed by atoms with Crippen LogP contribution < -0.4 is 5.73 Å². The van der Waals surface area contributed by atoms with Gasteiger partial charge in [0.05, 0.1) is 0 Å². The van der Waals surface area contributed by atoms with Crippen LogP contribution in [0.2, 0.25) is 0 Å². The molecule has 15 heavy (non-hydrogen) atoms. The van der Waals surface area contributed by atoms with Crippen LogP contribution >= 0.6 is 15.9 Å². The number of Topliss-reactive ketones (excluding diaryl/α,β-unsaturated/α-hetero) is 1. The number of ketones is 1. The van der Waals surface area contributed by atoms with Gasteiger partial charge >= 0.3 is 0 Å². The van der Waals surface area contributed by atoms with Gasteiger partial charge in [-0.2, -0.15) is 0 Å². The molecule has 0 atom stereocenters. The fourth-order valence-electron chi connectivity index (χ4n) is 1.46. The van der Waals surface area contributed by atoms with E-state index in [4.69, 9.17) is 5.73 Å². The van der Waals surface area contributed by atoms with E-state index in [0.717, 1.165) is 23.7 Å². The lowest BCUT2D eigenvalue weighted by Crippen LogP contribution is -2.03. The van der Waals surface area contributed by atoms with E-state index in [1.165, 1.54) is 0 Å². The highest BCUT2D eigenvalue weighted by Crippen LogP contribution is 2.20. The molecule has 0 aliphatic carbocycles. The van der Waals surface area contributed by atoms with Gasteiger partial charge in [-0.15, -0.1) is 0 Å². The van der Waals surface area contributed by atoms with Crippen molar-refractivity contribution in [2.75, 3.05) is 5.73 Å². The van der Waals surface area contributed by atoms with Gasteiger partial charge < -0.3 is 5.73 Å². The Hall–Kier alpha value is -0.830. The molecule has 1 aromatic rings. The highest BCUT2D eigenvalue weighted by molar-refractivity contribution is 9.10. The number of benzene rings is 1. The zero-order valence-electron chi connectivity index (χ0n) is 8.92. The lowest BCUT2D eigenvalue weighted by atomic mass is 10.0. The Morgan fingerprint density at radius 2 is 2.13 bits per heavy atom. The molecule has 82 valence electrons. The van der Waals surface area contributed by atoms with Crippen LogP contribution in [0.15, 0.2) is 22.7 Å². The summed E-state index contributed by atoms with van der Waals surface area (Å²) in [4.78, 5) is 11.8. The molecule has 1 aromatic carbocycles. The lowest BCUT2D eigenvalue weighted by Gasteiger charge is -2.04. The molecule has 1 rings (SSSR count). The van der Waals surface area contributed by atoms with Gasteiger partial charge in [0.1, 0.15) is 0 Å². The number of carbonyl (C=O) groups is 1. The van der Waals surface area contributed by atoms with E-state index in [1.807, 2.05) is 6.07 Å². The van der Waals surface area contributed by atoms with Crippen LogP contribution in [0.1, 0.15) is 43.0 Å². The summed E-state index contributed by atoms with van der Waals surface area (Å²) < 4.78 is 0.908. The van der Waals surface area contributed by atoms with Gasteiger partial charge in [-0.1, -0.05) is 35.7 Å². The third-order valence-electron chi connectivity index (χ3n) is 2.32. The van der Waals surface area contributed by atoms with Gasteiger partial charge in [-0.25, -0.2) is 0 Å². The molecule has 0 bridgehead atoms. The second kappa shape index (κ2) is 5.91. The summed E-state index contributed by atoms with van der Waals surface area (Å²) in [6, 6.07) is 5.41. The molecule has 0 aromatic heterocycles. The normalized spacial score (nSPS) is 10.3. The summed E-state index contributed by atoms with van der Waals surface area (Å²) in [6.07, 6.45) is 3.77. The number of unbranched alkanes of at least 4 members (excludes halogenated alkanes) is 2. The van der Waals surface area contributed by atoms with Crippen molar-refractivity contribution in [3.63, 3.8) is 0 Å². The number of carbonyl (C=O) groups excluding carboxylic acids is 1. The third kappa shape index (κ3) is 3.67. The zero-order valence-corrected chi connectivity index (χ0v) is 10.5. The predicted octanol–water partition coefficient (Wildman–Crippen LogP) is 3.79. The third-order valence-corrected chi connectivity index (χ3v) is 2.81. The summed E-state index contributed by atoms with van der Waals surface area (Å²) in [7, 11) is 0. The van der Waals surface area contributed by atoms with Crippen molar-refractivity contribution in [3.8, 4) is 0 Å². The molecule has 0 saturated carbocycles. The summed E-state index contributed by atoms with van der Waals surface area (Å²) >= 11 is 3.32. The minimum absolute atomic E-state index is 0.147. The topological polar surface area (TPSA) is 43.1 Å². The van der Waals surface area contributed by atoms with Crippen LogP contribution in [0.25, 0.3) is 0 Å². The van der Waals surface area contributed by atoms with Crippen LogP contribution in [0, 0.1) is 0 Å². The van der Waals surface area contributed by atoms with E-state index in [1.54, 1.807) is 12.1 Å². The van der Waals surface area contributed by atoms with Gasteiger partial charge in [0.2, 0.25) is 0 Å². The maximum absolute atomic E-state index is 11.8. The molecule has 3 heteroatoms. The number of anilines is 1. The first kappa shape index (κ1) is 12.2. The summed E-state index contributed by atoms with van der Waals surface area (Å²) in [6.45, 7) is 2.12. The Bertz CT molecular complexity index is 349. The van der Waals surface area contributed by atoms with Crippen LogP contribution in [-0.2, 0) is 0 Å². The molecular formula is C12H16BrNO. The van der Waals surface area contributed by atoms with E-state index < -0.39 is 0 Å². The summed E-state index contributed by atoms with van der Waals surface area (Å²) in [5.74, 6) is 0.147. The molecule has 2 nitrogen and oxygen atoms in total. The Morgan fingerprint density at radius 1 is 1.40 bits per heavy atom. The molecular weight excluding hydrogens is 254 g/mol. The number of nitrogen functional groups attached to an aromatic ring is 1. The number of halogens is 1. The molecule has 0 unspecified atom stereocenters. The summed E-state index contributed by atoms with van der Waals surface area (Å²) in [5.41, 5.74) is 6.98. The highest BCUT2D eigenvalue weighted by atomic mass is 79.9. The maximum atomic E-state index is 11.8. The fraction of sp³-hybridized carbons (Fsp3) is 0.417. The molecule has 0 saturated heterocycles. The Labute approximate surface area is 99.0 Å². The SMILES string of the molecule is CCCCCC(=O)c1ccc(Br)cc1N. The van der Waals surface area contributed by atoms with E-state index in [2.05, 4.69) is 22.9 Å². The predicted molar refractivity (Wildman–Crippen MR) is 67.0 cm³/mol. The Balaban J connectivity index is 2.65. The van der Waals surface area contributed by atoms with Gasteiger partial charge in [0, 0.05) is 22.1 Å². The second-order valence-electron chi connectivity index (χ2n) is 3.61. The van der Waals surface area contributed by atoms with Crippen molar-refractivity contribution in [1.29, 1.82) is 0 Å².